The van der Waals surface area contributed by atoms with Crippen LogP contribution in [0.2, 0.25) is 0 Å². The van der Waals surface area contributed by atoms with Gasteiger partial charge in [-0.25, -0.2) is 9.97 Å². The number of hydrogen-bond donors (Lipinski definition) is 0. The van der Waals surface area contributed by atoms with Gasteiger partial charge in [0.1, 0.15) is 10.0 Å². The summed E-state index contributed by atoms with van der Waals surface area (Å²) in [5, 5.41) is 2.28. The van der Waals surface area contributed by atoms with Crippen molar-refractivity contribution in [1.82, 2.24) is 9.97 Å². The van der Waals surface area contributed by atoms with E-state index in [1.165, 1.54) is 108 Å². The first kappa shape index (κ1) is 26.0. The van der Waals surface area contributed by atoms with Crippen LogP contribution in [0.15, 0.2) is 12.1 Å². The molecule has 0 saturated carbocycles. The second-order valence-electron chi connectivity index (χ2n) is 9.36. The van der Waals surface area contributed by atoms with E-state index >= 15 is 0 Å². The van der Waals surface area contributed by atoms with Crippen LogP contribution < -0.4 is 0 Å². The van der Waals surface area contributed by atoms with Gasteiger partial charge in [-0.15, -0.1) is 22.7 Å². The Kier molecular flexibility index (Phi) is 9.75. The molecule has 0 radical (unpaired) electrons. The van der Waals surface area contributed by atoms with Crippen LogP contribution in [0.4, 0.5) is 0 Å². The quantitative estimate of drug-likeness (QED) is 0.151. The molecule has 0 fully saturated rings. The Morgan fingerprint density at radius 3 is 1.38 bits per heavy atom. The predicted octanol–water partition coefficient (Wildman–Crippen LogP) is 10.9. The van der Waals surface area contributed by atoms with Crippen LogP contribution in [0, 0.1) is 13.8 Å². The van der Waals surface area contributed by atoms with Gasteiger partial charge in [0.15, 0.2) is 9.66 Å². The SMILES string of the molecule is CCCCCCCc1cc(-c2nc3sc(-c4cc(CCCCCCC)c(C)s4)nc3s2)sc1C. The molecule has 2 nitrogen and oxygen atoms in total. The summed E-state index contributed by atoms with van der Waals surface area (Å²) in [5.74, 6) is 0. The number of aromatic nitrogens is 2. The highest BCUT2D eigenvalue weighted by molar-refractivity contribution is 7.32. The Bertz CT molecular complexity index is 1060. The van der Waals surface area contributed by atoms with Gasteiger partial charge in [-0.05, 0) is 62.8 Å². The molecule has 0 spiro atoms. The largest absolute Gasteiger partial charge is 0.222 e. The molecular weight excluding hydrogens is 493 g/mol. The molecule has 4 rings (SSSR count). The summed E-state index contributed by atoms with van der Waals surface area (Å²) in [5.41, 5.74) is 3.03. The lowest BCUT2D eigenvalue weighted by Crippen LogP contribution is -1.85. The minimum absolute atomic E-state index is 1.09. The minimum atomic E-state index is 1.09. The highest BCUT2D eigenvalue weighted by Crippen LogP contribution is 2.41. The fourth-order valence-corrected chi connectivity index (χ4v) is 8.71. The average Bonchev–Trinajstić information content (AvgIpc) is 3.56. The van der Waals surface area contributed by atoms with Crippen LogP contribution in [-0.2, 0) is 12.8 Å². The Morgan fingerprint density at radius 1 is 0.559 bits per heavy atom. The first-order chi connectivity index (χ1) is 16.6. The summed E-state index contributed by atoms with van der Waals surface area (Å²) < 4.78 is 0. The molecule has 0 aliphatic carbocycles. The lowest BCUT2D eigenvalue weighted by atomic mass is 10.1. The molecule has 0 saturated heterocycles. The van der Waals surface area contributed by atoms with Crippen molar-refractivity contribution >= 4 is 55.0 Å². The summed E-state index contributed by atoms with van der Waals surface area (Å²) >= 11 is 7.32. The molecule has 4 heterocycles. The number of hydrogen-bond acceptors (Lipinski definition) is 6. The third-order valence-electron chi connectivity index (χ3n) is 6.54. The van der Waals surface area contributed by atoms with Crippen LogP contribution in [-0.4, -0.2) is 9.97 Å². The van der Waals surface area contributed by atoms with E-state index in [9.17, 15) is 0 Å². The van der Waals surface area contributed by atoms with Gasteiger partial charge in [-0.1, -0.05) is 87.9 Å². The zero-order chi connectivity index (χ0) is 23.9. The lowest BCUT2D eigenvalue weighted by molar-refractivity contribution is 0.632. The molecule has 4 aromatic rings. The molecule has 0 N–H and O–H groups in total. The zero-order valence-corrected chi connectivity index (χ0v) is 24.4. The molecule has 4 aromatic heterocycles. The summed E-state index contributed by atoms with van der Waals surface area (Å²) in [6.07, 6.45) is 15.8. The van der Waals surface area contributed by atoms with Crippen molar-refractivity contribution in [3.63, 3.8) is 0 Å². The van der Waals surface area contributed by atoms with Gasteiger partial charge in [-0.3, -0.25) is 0 Å². The molecule has 0 unspecified atom stereocenters. The van der Waals surface area contributed by atoms with E-state index in [1.807, 2.05) is 22.7 Å². The van der Waals surface area contributed by atoms with Crippen molar-refractivity contribution in [3.05, 3.63) is 33.0 Å². The fourth-order valence-electron chi connectivity index (χ4n) is 4.44. The second kappa shape index (κ2) is 12.8. The average molecular weight is 531 g/mol. The van der Waals surface area contributed by atoms with Gasteiger partial charge in [0.25, 0.3) is 0 Å². The monoisotopic (exact) mass is 530 g/mol. The van der Waals surface area contributed by atoms with Crippen molar-refractivity contribution < 1.29 is 0 Å². The first-order valence-corrected chi connectivity index (χ1v) is 16.3. The number of rotatable bonds is 14. The summed E-state index contributed by atoms with van der Waals surface area (Å²) in [6, 6.07) is 4.77. The minimum Gasteiger partial charge on any atom is -0.222 e. The van der Waals surface area contributed by atoms with Gasteiger partial charge >= 0.3 is 0 Å². The van der Waals surface area contributed by atoms with Gasteiger partial charge in [-0.2, -0.15) is 0 Å². The number of unbranched alkanes of at least 4 members (excludes halogenated alkanes) is 8. The van der Waals surface area contributed by atoms with E-state index in [0.29, 0.717) is 0 Å². The Hall–Kier alpha value is -1.08. The van der Waals surface area contributed by atoms with Gasteiger partial charge in [0.05, 0.1) is 9.75 Å². The highest BCUT2D eigenvalue weighted by atomic mass is 32.1. The Morgan fingerprint density at radius 2 is 0.971 bits per heavy atom. The van der Waals surface area contributed by atoms with Crippen molar-refractivity contribution in [3.8, 4) is 19.8 Å². The van der Waals surface area contributed by atoms with Crippen molar-refractivity contribution in [2.75, 3.05) is 0 Å². The number of thiophene rings is 2. The molecule has 0 aromatic carbocycles. The van der Waals surface area contributed by atoms with E-state index in [1.54, 1.807) is 22.7 Å². The molecule has 0 aliphatic rings. The van der Waals surface area contributed by atoms with E-state index in [0.717, 1.165) is 19.7 Å². The standard InChI is InChI=1S/C28H38N2S4/c1-5-7-9-11-13-15-21-17-23(31-19(21)3)25-29-27-28(33-25)30-26(34-27)24-18-22(20(4)32-24)16-14-12-10-8-6-2/h17-18H,5-16H2,1-4H3. The van der Waals surface area contributed by atoms with Crippen LogP contribution in [0.25, 0.3) is 29.4 Å². The highest BCUT2D eigenvalue weighted by Gasteiger charge is 2.17. The lowest BCUT2D eigenvalue weighted by Gasteiger charge is -2.00. The topological polar surface area (TPSA) is 25.8 Å². The first-order valence-electron chi connectivity index (χ1n) is 13.1. The zero-order valence-electron chi connectivity index (χ0n) is 21.2. The van der Waals surface area contributed by atoms with Crippen LogP contribution in [0.1, 0.15) is 98.9 Å². The number of thiazole rings is 2. The number of aryl methyl sites for hydroxylation is 4. The molecule has 0 bridgehead atoms. The Balaban J connectivity index is 1.40. The maximum atomic E-state index is 5.00. The van der Waals surface area contributed by atoms with Crippen LogP contribution >= 0.6 is 45.3 Å². The maximum absolute atomic E-state index is 5.00. The normalized spacial score (nSPS) is 11.8. The van der Waals surface area contributed by atoms with Gasteiger partial charge in [0, 0.05) is 9.75 Å². The van der Waals surface area contributed by atoms with Gasteiger partial charge in [0.2, 0.25) is 0 Å². The van der Waals surface area contributed by atoms with Crippen molar-refractivity contribution in [1.29, 1.82) is 0 Å². The molecule has 0 atom stereocenters. The van der Waals surface area contributed by atoms with E-state index in [-0.39, 0.29) is 0 Å². The van der Waals surface area contributed by atoms with E-state index in [4.69, 9.17) is 9.97 Å². The summed E-state index contributed by atoms with van der Waals surface area (Å²) in [4.78, 5) is 17.7. The van der Waals surface area contributed by atoms with E-state index in [2.05, 4.69) is 39.8 Å². The number of fused-ring (bicyclic) bond motifs is 1. The molecular formula is C28H38N2S4. The predicted molar refractivity (Wildman–Crippen MR) is 156 cm³/mol. The molecule has 34 heavy (non-hydrogen) atoms. The molecule has 6 heteroatoms. The third-order valence-corrected chi connectivity index (χ3v) is 11.1. The molecule has 0 aliphatic heterocycles. The molecule has 184 valence electrons. The van der Waals surface area contributed by atoms with Gasteiger partial charge < -0.3 is 0 Å². The maximum Gasteiger partial charge on any atom is 0.155 e. The Labute approximate surface area is 221 Å². The summed E-state index contributed by atoms with van der Waals surface area (Å²) in [6.45, 7) is 9.09. The van der Waals surface area contributed by atoms with Crippen molar-refractivity contribution in [2.24, 2.45) is 0 Å². The fraction of sp³-hybridized carbons (Fsp3) is 0.571. The van der Waals surface area contributed by atoms with Crippen LogP contribution in [0.5, 0.6) is 0 Å². The summed E-state index contributed by atoms with van der Waals surface area (Å²) in [7, 11) is 0. The number of nitrogens with zero attached hydrogens (tertiary/aromatic N) is 2. The van der Waals surface area contributed by atoms with Crippen molar-refractivity contribution in [2.45, 2.75) is 105 Å². The van der Waals surface area contributed by atoms with E-state index < -0.39 is 0 Å². The third kappa shape index (κ3) is 6.57. The smallest absolute Gasteiger partial charge is 0.155 e. The van der Waals surface area contributed by atoms with Crippen LogP contribution in [0.3, 0.4) is 0 Å². The molecule has 0 amide bonds. The second-order valence-corrected chi connectivity index (χ2v) is 13.8.